The molecule has 3 aromatic rings. The van der Waals surface area contributed by atoms with Crippen molar-refractivity contribution in [2.24, 2.45) is 0 Å². The van der Waals surface area contributed by atoms with E-state index in [0.29, 0.717) is 17.0 Å². The maximum Gasteiger partial charge on any atom is 0.172 e. The van der Waals surface area contributed by atoms with E-state index in [1.165, 1.54) is 18.1 Å². The van der Waals surface area contributed by atoms with E-state index in [-0.39, 0.29) is 0 Å². The van der Waals surface area contributed by atoms with Gasteiger partial charge in [-0.1, -0.05) is 43.6 Å². The topological polar surface area (TPSA) is 80.5 Å². The number of nitrogens with two attached hydrogens (primary N) is 1. The van der Waals surface area contributed by atoms with Gasteiger partial charge in [0.05, 0.1) is 0 Å². The maximum absolute atomic E-state index is 5.75. The standard InChI is InChI=1S/C11H7Br2N5S/c12-5-1-6(13)3-7(2-5)19-11-17-8-9(14)15-4-16-10(8)18-11/h1-4H,(H3,14,15,16,17,18). The van der Waals surface area contributed by atoms with Crippen molar-refractivity contribution in [3.8, 4) is 0 Å². The molecule has 0 fully saturated rings. The van der Waals surface area contributed by atoms with Crippen molar-refractivity contribution in [1.82, 2.24) is 19.9 Å². The highest BCUT2D eigenvalue weighted by Crippen LogP contribution is 2.31. The van der Waals surface area contributed by atoms with E-state index in [9.17, 15) is 0 Å². The van der Waals surface area contributed by atoms with Gasteiger partial charge >= 0.3 is 0 Å². The van der Waals surface area contributed by atoms with Gasteiger partial charge in [-0.3, -0.25) is 0 Å². The minimum atomic E-state index is 0.378. The number of imidazole rings is 1. The van der Waals surface area contributed by atoms with Crippen LogP contribution in [0.1, 0.15) is 0 Å². The molecular formula is C11H7Br2N5S. The van der Waals surface area contributed by atoms with Crippen LogP contribution < -0.4 is 5.73 Å². The zero-order valence-electron chi connectivity index (χ0n) is 9.39. The zero-order chi connectivity index (χ0) is 13.4. The molecule has 0 radical (unpaired) electrons. The number of rotatable bonds is 2. The Morgan fingerprint density at radius 3 is 2.53 bits per heavy atom. The molecular weight excluding hydrogens is 394 g/mol. The van der Waals surface area contributed by atoms with Crippen molar-refractivity contribution in [2.75, 3.05) is 5.73 Å². The van der Waals surface area contributed by atoms with Gasteiger partial charge in [0.1, 0.15) is 6.33 Å². The van der Waals surface area contributed by atoms with Crippen molar-refractivity contribution in [1.29, 1.82) is 0 Å². The van der Waals surface area contributed by atoms with Crippen LogP contribution in [0, 0.1) is 0 Å². The lowest BCUT2D eigenvalue weighted by atomic mass is 10.4. The Balaban J connectivity index is 1.99. The van der Waals surface area contributed by atoms with E-state index in [0.717, 1.165) is 19.0 Å². The first-order chi connectivity index (χ1) is 9.11. The fourth-order valence-corrected chi connectivity index (χ4v) is 4.05. The van der Waals surface area contributed by atoms with E-state index in [4.69, 9.17) is 5.73 Å². The number of nitrogens with one attached hydrogen (secondary N) is 1. The minimum absolute atomic E-state index is 0.378. The second-order valence-corrected chi connectivity index (χ2v) is 6.60. The molecule has 0 unspecified atom stereocenters. The second-order valence-electron chi connectivity index (χ2n) is 3.71. The highest BCUT2D eigenvalue weighted by molar-refractivity contribution is 9.11. The van der Waals surface area contributed by atoms with E-state index >= 15 is 0 Å². The summed E-state index contributed by atoms with van der Waals surface area (Å²) in [5, 5.41) is 0.729. The molecule has 0 aliphatic carbocycles. The van der Waals surface area contributed by atoms with Gasteiger partial charge in [0.25, 0.3) is 0 Å². The molecule has 5 nitrogen and oxygen atoms in total. The number of anilines is 1. The van der Waals surface area contributed by atoms with Crippen molar-refractivity contribution in [2.45, 2.75) is 10.1 Å². The number of hydrogen-bond donors (Lipinski definition) is 2. The maximum atomic E-state index is 5.75. The number of benzene rings is 1. The summed E-state index contributed by atoms with van der Waals surface area (Å²) in [5.74, 6) is 0.378. The molecule has 2 aromatic heterocycles. The van der Waals surface area contributed by atoms with Crippen LogP contribution >= 0.6 is 43.6 Å². The molecule has 19 heavy (non-hydrogen) atoms. The van der Waals surface area contributed by atoms with Crippen LogP contribution in [-0.2, 0) is 0 Å². The molecule has 2 heterocycles. The van der Waals surface area contributed by atoms with E-state index < -0.39 is 0 Å². The van der Waals surface area contributed by atoms with Crippen LogP contribution in [0.3, 0.4) is 0 Å². The van der Waals surface area contributed by atoms with Gasteiger partial charge in [-0.2, -0.15) is 0 Å². The fraction of sp³-hybridized carbons (Fsp3) is 0. The predicted octanol–water partition coefficient (Wildman–Crippen LogP) is 3.61. The molecule has 0 spiro atoms. The average molecular weight is 401 g/mol. The lowest BCUT2D eigenvalue weighted by molar-refractivity contribution is 1.07. The third-order valence-corrected chi connectivity index (χ3v) is 4.11. The number of aromatic amines is 1. The smallest absolute Gasteiger partial charge is 0.172 e. The monoisotopic (exact) mass is 399 g/mol. The van der Waals surface area contributed by atoms with Crippen LogP contribution in [0.2, 0.25) is 0 Å². The highest BCUT2D eigenvalue weighted by Gasteiger charge is 2.09. The highest BCUT2D eigenvalue weighted by atomic mass is 79.9. The van der Waals surface area contributed by atoms with E-state index in [1.54, 1.807) is 0 Å². The van der Waals surface area contributed by atoms with Gasteiger partial charge in [0.15, 0.2) is 22.1 Å². The fourth-order valence-electron chi connectivity index (χ4n) is 1.57. The van der Waals surface area contributed by atoms with Gasteiger partial charge < -0.3 is 10.7 Å². The molecule has 0 atom stereocenters. The summed E-state index contributed by atoms with van der Waals surface area (Å²) in [5.41, 5.74) is 6.99. The number of hydrogen-bond acceptors (Lipinski definition) is 5. The molecule has 3 N–H and O–H groups in total. The SMILES string of the molecule is Nc1ncnc2[nH]c(Sc3cc(Br)cc(Br)c3)nc12. The Bertz CT molecular complexity index is 738. The van der Waals surface area contributed by atoms with E-state index in [2.05, 4.69) is 51.8 Å². The first-order valence-electron chi connectivity index (χ1n) is 5.22. The molecule has 8 heteroatoms. The Kier molecular flexibility index (Phi) is 3.46. The third kappa shape index (κ3) is 2.75. The molecule has 0 aliphatic rings. The summed E-state index contributed by atoms with van der Waals surface area (Å²) >= 11 is 8.41. The van der Waals surface area contributed by atoms with Crippen molar-refractivity contribution in [3.05, 3.63) is 33.5 Å². The number of H-pyrrole nitrogens is 1. The Morgan fingerprint density at radius 1 is 1.11 bits per heavy atom. The summed E-state index contributed by atoms with van der Waals surface area (Å²) in [6.07, 6.45) is 1.42. The van der Waals surface area contributed by atoms with Gasteiger partial charge in [-0.15, -0.1) is 0 Å². The second kappa shape index (κ2) is 5.10. The Labute approximate surface area is 129 Å². The van der Waals surface area contributed by atoms with Crippen LogP contribution in [0.4, 0.5) is 5.82 Å². The normalized spacial score (nSPS) is 11.1. The number of nitrogens with zero attached hydrogens (tertiary/aromatic N) is 3. The molecule has 0 saturated carbocycles. The molecule has 96 valence electrons. The lowest BCUT2D eigenvalue weighted by Gasteiger charge is -2.00. The number of aromatic nitrogens is 4. The summed E-state index contributed by atoms with van der Waals surface area (Å²) in [6.45, 7) is 0. The first kappa shape index (κ1) is 12.9. The molecule has 1 aromatic carbocycles. The molecule has 3 rings (SSSR count). The lowest BCUT2D eigenvalue weighted by Crippen LogP contribution is -1.91. The predicted molar refractivity (Wildman–Crippen MR) is 82.1 cm³/mol. The molecule has 0 bridgehead atoms. The minimum Gasteiger partial charge on any atom is -0.382 e. The largest absolute Gasteiger partial charge is 0.382 e. The van der Waals surface area contributed by atoms with Gasteiger partial charge in [-0.25, -0.2) is 15.0 Å². The zero-order valence-corrected chi connectivity index (χ0v) is 13.4. The summed E-state index contributed by atoms with van der Waals surface area (Å²) < 4.78 is 2.00. The van der Waals surface area contributed by atoms with E-state index in [1.807, 2.05) is 18.2 Å². The molecule has 0 aliphatic heterocycles. The number of fused-ring (bicyclic) bond motifs is 1. The van der Waals surface area contributed by atoms with Crippen molar-refractivity contribution < 1.29 is 0 Å². The number of nitrogen functional groups attached to an aromatic ring is 1. The van der Waals surface area contributed by atoms with Crippen molar-refractivity contribution in [3.63, 3.8) is 0 Å². The summed E-state index contributed by atoms with van der Waals surface area (Å²) in [4.78, 5) is 16.6. The molecule has 0 amide bonds. The van der Waals surface area contributed by atoms with Gasteiger partial charge in [0, 0.05) is 13.8 Å². The third-order valence-electron chi connectivity index (χ3n) is 2.34. The summed E-state index contributed by atoms with van der Waals surface area (Å²) in [6, 6.07) is 6.00. The Morgan fingerprint density at radius 2 is 1.84 bits per heavy atom. The Hall–Kier alpha value is -1.12. The van der Waals surface area contributed by atoms with Gasteiger partial charge in [-0.05, 0) is 18.2 Å². The van der Waals surface area contributed by atoms with Crippen LogP contribution in [0.5, 0.6) is 0 Å². The van der Waals surface area contributed by atoms with Crippen LogP contribution in [-0.4, -0.2) is 19.9 Å². The average Bonchev–Trinajstić information content (AvgIpc) is 2.71. The van der Waals surface area contributed by atoms with Crippen LogP contribution in [0.15, 0.2) is 43.5 Å². The first-order valence-corrected chi connectivity index (χ1v) is 7.62. The molecule has 0 saturated heterocycles. The number of halogens is 2. The van der Waals surface area contributed by atoms with Gasteiger partial charge in [0.2, 0.25) is 0 Å². The van der Waals surface area contributed by atoms with Crippen molar-refractivity contribution >= 4 is 60.6 Å². The summed E-state index contributed by atoms with van der Waals surface area (Å²) in [7, 11) is 0. The quantitative estimate of drug-likeness (QED) is 0.686. The van der Waals surface area contributed by atoms with Crippen LogP contribution in [0.25, 0.3) is 11.2 Å².